The minimum atomic E-state index is -4.26. The third kappa shape index (κ3) is 2.37. The summed E-state index contributed by atoms with van der Waals surface area (Å²) in [6.07, 6.45) is -1.34. The summed E-state index contributed by atoms with van der Waals surface area (Å²) in [6.45, 7) is 0. The van der Waals surface area contributed by atoms with E-state index in [-0.39, 0.29) is 0 Å². The number of aromatic nitrogens is 1. The van der Waals surface area contributed by atoms with Crippen LogP contribution in [0, 0.1) is 0 Å². The average molecular weight is 208 g/mol. The predicted molar refractivity (Wildman–Crippen MR) is 44.4 cm³/mol. The summed E-state index contributed by atoms with van der Waals surface area (Å²) >= 11 is 1.41. The van der Waals surface area contributed by atoms with Crippen LogP contribution in [0.5, 0.6) is 0 Å². The van der Waals surface area contributed by atoms with Crippen LogP contribution in [0.25, 0.3) is 0 Å². The molecule has 1 aromatic rings. The number of pyridine rings is 1. The second-order valence-corrected chi connectivity index (χ2v) is 3.40. The molecule has 1 heterocycles. The van der Waals surface area contributed by atoms with Gasteiger partial charge in [0.2, 0.25) is 5.03 Å². The van der Waals surface area contributed by atoms with Crippen LogP contribution in [0.3, 0.4) is 0 Å². The molecule has 1 rings (SSSR count). The van der Waals surface area contributed by atoms with Gasteiger partial charge in [-0.15, -0.1) is 0 Å². The topological polar surface area (TPSA) is 3.88 Å². The molecule has 0 saturated heterocycles. The predicted octanol–water partition coefficient (Wildman–Crippen LogP) is 2.25. The molecule has 13 heavy (non-hydrogen) atoms. The van der Waals surface area contributed by atoms with Crippen molar-refractivity contribution in [2.75, 3.05) is 6.26 Å². The molecule has 0 N–H and O–H groups in total. The Labute approximate surface area is 78.6 Å². The second kappa shape index (κ2) is 3.57. The quantitative estimate of drug-likeness (QED) is 0.505. The van der Waals surface area contributed by atoms with Crippen LogP contribution < -0.4 is 4.57 Å². The molecule has 0 amide bonds. The van der Waals surface area contributed by atoms with E-state index < -0.39 is 11.7 Å². The summed E-state index contributed by atoms with van der Waals surface area (Å²) in [4.78, 5) is 0. The summed E-state index contributed by atoms with van der Waals surface area (Å²) in [5, 5.41) is 0.799. The molecule has 0 radical (unpaired) electrons. The summed E-state index contributed by atoms with van der Waals surface area (Å²) in [5.74, 6) is 0. The molecule has 0 atom stereocenters. The highest BCUT2D eigenvalue weighted by atomic mass is 32.2. The fourth-order valence-electron chi connectivity index (χ4n) is 0.974. The first-order valence-corrected chi connectivity index (χ1v) is 4.78. The monoisotopic (exact) mass is 208 g/mol. The first kappa shape index (κ1) is 10.4. The number of nitrogens with zero attached hydrogens (tertiary/aromatic N) is 1. The fourth-order valence-corrected chi connectivity index (χ4v) is 1.52. The summed E-state index contributed by atoms with van der Waals surface area (Å²) in [5.41, 5.74) is -0.618. The Hall–Kier alpha value is -0.710. The lowest BCUT2D eigenvalue weighted by Crippen LogP contribution is -2.32. The number of alkyl halides is 3. The highest BCUT2D eigenvalue weighted by Crippen LogP contribution is 2.28. The van der Waals surface area contributed by atoms with E-state index in [0.29, 0.717) is 0 Å². The number of halogens is 3. The molecule has 0 fully saturated rings. The maximum Gasteiger partial charge on any atom is 0.422 e. The zero-order valence-corrected chi connectivity index (χ0v) is 8.04. The van der Waals surface area contributed by atoms with E-state index in [4.69, 9.17) is 0 Å². The summed E-state index contributed by atoms with van der Waals surface area (Å²) < 4.78 is 38.0. The Morgan fingerprint density at radius 3 is 2.31 bits per heavy atom. The van der Waals surface area contributed by atoms with Crippen molar-refractivity contribution in [2.45, 2.75) is 11.2 Å². The van der Waals surface area contributed by atoms with Gasteiger partial charge in [0, 0.05) is 6.07 Å². The molecule has 0 aromatic carbocycles. The lowest BCUT2D eigenvalue weighted by Gasteiger charge is -2.04. The third-order valence-electron chi connectivity index (χ3n) is 1.62. The normalized spacial score (nSPS) is 11.8. The van der Waals surface area contributed by atoms with Crippen LogP contribution in [0.1, 0.15) is 5.56 Å². The molecule has 0 aliphatic heterocycles. The van der Waals surface area contributed by atoms with Crippen LogP contribution in [0.4, 0.5) is 13.2 Å². The Balaban J connectivity index is 3.10. The van der Waals surface area contributed by atoms with E-state index in [1.165, 1.54) is 22.4 Å². The van der Waals surface area contributed by atoms with Gasteiger partial charge in [0.05, 0.1) is 0 Å². The fraction of sp³-hybridized carbons (Fsp3) is 0.375. The molecule has 0 aliphatic carbocycles. The maximum atomic E-state index is 12.2. The number of hydrogen-bond donors (Lipinski definition) is 0. The third-order valence-corrected chi connectivity index (χ3v) is 2.46. The molecule has 0 unspecified atom stereocenters. The summed E-state index contributed by atoms with van der Waals surface area (Å²) in [7, 11) is 1.60. The van der Waals surface area contributed by atoms with Crippen molar-refractivity contribution >= 4 is 11.8 Å². The lowest BCUT2D eigenvalue weighted by atomic mass is 10.3. The second-order valence-electron chi connectivity index (χ2n) is 2.57. The van der Waals surface area contributed by atoms with Crippen molar-refractivity contribution in [3.05, 3.63) is 23.9 Å². The van der Waals surface area contributed by atoms with E-state index in [1.54, 1.807) is 7.05 Å². The molecule has 1 nitrogen and oxygen atoms in total. The Morgan fingerprint density at radius 2 is 1.92 bits per heavy atom. The minimum absolute atomic E-state index is 0.618. The number of thioether (sulfide) groups is 1. The molecule has 0 aliphatic rings. The average Bonchev–Trinajstić information content (AvgIpc) is 2.02. The number of hydrogen-bond acceptors (Lipinski definition) is 1. The first-order valence-electron chi connectivity index (χ1n) is 3.56. The minimum Gasteiger partial charge on any atom is -0.195 e. The van der Waals surface area contributed by atoms with Crippen molar-refractivity contribution in [3.8, 4) is 0 Å². The molecule has 0 spiro atoms. The van der Waals surface area contributed by atoms with Crippen molar-refractivity contribution in [1.82, 2.24) is 0 Å². The zero-order chi connectivity index (χ0) is 10.1. The van der Waals surface area contributed by atoms with Gasteiger partial charge >= 0.3 is 6.18 Å². The number of rotatable bonds is 1. The van der Waals surface area contributed by atoms with Gasteiger partial charge in [-0.25, -0.2) is 0 Å². The highest BCUT2D eigenvalue weighted by Gasteiger charge is 2.33. The highest BCUT2D eigenvalue weighted by molar-refractivity contribution is 7.98. The molecule has 1 aromatic heterocycles. The molecule has 0 saturated carbocycles. The van der Waals surface area contributed by atoms with E-state index >= 15 is 0 Å². The largest absolute Gasteiger partial charge is 0.422 e. The SMILES string of the molecule is CSc1ccc(C(F)(F)F)c[n+]1C. The van der Waals surface area contributed by atoms with E-state index in [9.17, 15) is 13.2 Å². The molecule has 5 heteroatoms. The van der Waals surface area contributed by atoms with E-state index in [1.807, 2.05) is 6.26 Å². The number of aryl methyl sites for hydroxylation is 1. The van der Waals surface area contributed by atoms with Gasteiger partial charge < -0.3 is 0 Å². The van der Waals surface area contributed by atoms with Crippen LogP contribution in [0.15, 0.2) is 23.4 Å². The standard InChI is InChI=1S/C8H9F3NS/c1-12-5-6(8(9,10)11)3-4-7(12)13-2/h3-5H,1-2H3/q+1. The van der Waals surface area contributed by atoms with Crippen molar-refractivity contribution in [3.63, 3.8) is 0 Å². The molecule has 72 valence electrons. The van der Waals surface area contributed by atoms with E-state index in [2.05, 4.69) is 0 Å². The Bertz CT molecular complexity index is 309. The summed E-state index contributed by atoms with van der Waals surface area (Å²) in [6, 6.07) is 2.55. The van der Waals surface area contributed by atoms with Gasteiger partial charge in [-0.1, -0.05) is 11.8 Å². The van der Waals surface area contributed by atoms with Crippen LogP contribution in [0.2, 0.25) is 0 Å². The first-order chi connectivity index (χ1) is 5.95. The molecular weight excluding hydrogens is 199 g/mol. The Morgan fingerprint density at radius 1 is 1.31 bits per heavy atom. The van der Waals surface area contributed by atoms with Gasteiger partial charge in [0.25, 0.3) is 0 Å². The van der Waals surface area contributed by atoms with Gasteiger partial charge in [0.15, 0.2) is 6.20 Å². The molecular formula is C8H9F3NS+. The zero-order valence-electron chi connectivity index (χ0n) is 7.22. The smallest absolute Gasteiger partial charge is 0.195 e. The van der Waals surface area contributed by atoms with Crippen LogP contribution in [-0.2, 0) is 13.2 Å². The molecule has 0 bridgehead atoms. The van der Waals surface area contributed by atoms with Crippen LogP contribution in [-0.4, -0.2) is 6.26 Å². The van der Waals surface area contributed by atoms with Gasteiger partial charge in [-0.3, -0.25) is 0 Å². The van der Waals surface area contributed by atoms with Crippen LogP contribution >= 0.6 is 11.8 Å². The van der Waals surface area contributed by atoms with Crippen molar-refractivity contribution in [1.29, 1.82) is 0 Å². The van der Waals surface area contributed by atoms with Crippen molar-refractivity contribution in [2.24, 2.45) is 7.05 Å². The Kier molecular flexibility index (Phi) is 2.85. The van der Waals surface area contributed by atoms with E-state index in [0.717, 1.165) is 17.3 Å². The van der Waals surface area contributed by atoms with Gasteiger partial charge in [-0.05, 0) is 12.3 Å². The van der Waals surface area contributed by atoms with Crippen molar-refractivity contribution < 1.29 is 17.7 Å². The lowest BCUT2D eigenvalue weighted by molar-refractivity contribution is -0.709. The maximum absolute atomic E-state index is 12.2. The van der Waals surface area contributed by atoms with Gasteiger partial charge in [-0.2, -0.15) is 17.7 Å². The van der Waals surface area contributed by atoms with Gasteiger partial charge in [0.1, 0.15) is 12.6 Å².